The van der Waals surface area contributed by atoms with Crippen LogP contribution in [0.2, 0.25) is 10.0 Å². The molecule has 2 unspecified atom stereocenters. The van der Waals surface area contributed by atoms with Gasteiger partial charge in [-0.2, -0.15) is 0 Å². The van der Waals surface area contributed by atoms with E-state index in [0.717, 1.165) is 37.0 Å². The summed E-state index contributed by atoms with van der Waals surface area (Å²) in [6, 6.07) is 4.08. The first-order chi connectivity index (χ1) is 16.7. The zero-order valence-electron chi connectivity index (χ0n) is 21.4. The molecule has 0 spiro atoms. The van der Waals surface area contributed by atoms with Crippen molar-refractivity contribution in [1.29, 1.82) is 0 Å². The van der Waals surface area contributed by atoms with E-state index >= 15 is 0 Å². The number of rotatable bonds is 10. The number of esters is 1. The van der Waals surface area contributed by atoms with Crippen molar-refractivity contribution < 1.29 is 33.6 Å². The average Bonchev–Trinajstić information content (AvgIpc) is 2.79. The molecule has 0 heterocycles. The zero-order valence-corrected chi connectivity index (χ0v) is 23.8. The molecule has 2 N–H and O–H groups in total. The van der Waals surface area contributed by atoms with Gasteiger partial charge in [-0.25, -0.2) is 4.79 Å². The van der Waals surface area contributed by atoms with Crippen LogP contribution < -0.4 is 0 Å². The Morgan fingerprint density at radius 2 is 1.78 bits per heavy atom. The summed E-state index contributed by atoms with van der Waals surface area (Å²) in [7, 11) is -3.50. The molecule has 0 saturated heterocycles. The van der Waals surface area contributed by atoms with Crippen LogP contribution >= 0.6 is 30.6 Å². The second kappa shape index (κ2) is 13.5. The van der Waals surface area contributed by atoms with E-state index in [-0.39, 0.29) is 29.7 Å². The molecule has 8 nitrogen and oxygen atoms in total. The van der Waals surface area contributed by atoms with Crippen molar-refractivity contribution in [2.45, 2.75) is 78.5 Å². The maximum Gasteiger partial charge on any atom is 0.415 e. The van der Waals surface area contributed by atoms with Crippen molar-refractivity contribution in [3.8, 4) is 0 Å². The lowest BCUT2D eigenvalue weighted by Crippen LogP contribution is -2.43. The highest BCUT2D eigenvalue weighted by molar-refractivity contribution is 7.58. The molecule has 0 aliphatic heterocycles. The third kappa shape index (κ3) is 9.53. The van der Waals surface area contributed by atoms with Crippen molar-refractivity contribution >= 4 is 42.6 Å². The Kier molecular flexibility index (Phi) is 11.6. The summed E-state index contributed by atoms with van der Waals surface area (Å²) < 4.78 is 23.0. The smallest absolute Gasteiger partial charge is 0.415 e. The highest BCUT2D eigenvalue weighted by atomic mass is 35.5. The standard InChI is InChI=1S/C25H38Cl2NO7P/c1-17(19-10-11-20(26)21(27)14-19)28(24(31)35-16-34-23(30)25(2,3)4)22(29)12-13-36(32,33)15-18-8-6-5-7-9-18/h10-11,14,17-18,22,29H,5-9,12-13,15-16H2,1-4H3,(H,32,33)/t17-,22?/m1/s1. The molecule has 36 heavy (non-hydrogen) atoms. The van der Waals surface area contributed by atoms with Gasteiger partial charge >= 0.3 is 12.1 Å². The number of halogens is 2. The van der Waals surface area contributed by atoms with Crippen LogP contribution in [0, 0.1) is 11.3 Å². The Morgan fingerprint density at radius 3 is 2.36 bits per heavy atom. The number of amides is 1. The molecule has 0 bridgehead atoms. The van der Waals surface area contributed by atoms with Gasteiger partial charge in [-0.3, -0.25) is 14.3 Å². The van der Waals surface area contributed by atoms with Gasteiger partial charge in [0, 0.05) is 18.7 Å². The molecule has 1 aliphatic rings. The molecule has 1 saturated carbocycles. The van der Waals surface area contributed by atoms with Gasteiger partial charge in [0.15, 0.2) is 0 Å². The Hall–Kier alpha value is -1.31. The summed E-state index contributed by atoms with van der Waals surface area (Å²) in [5.41, 5.74) is -0.207. The lowest BCUT2D eigenvalue weighted by molar-refractivity contribution is -0.162. The third-order valence-electron chi connectivity index (χ3n) is 6.36. The summed E-state index contributed by atoms with van der Waals surface area (Å²) >= 11 is 12.2. The molecule has 3 atom stereocenters. The van der Waals surface area contributed by atoms with E-state index in [1.54, 1.807) is 45.9 Å². The number of aliphatic hydroxyl groups is 1. The number of carbonyl (C=O) groups is 2. The third-order valence-corrected chi connectivity index (χ3v) is 9.15. The van der Waals surface area contributed by atoms with E-state index in [2.05, 4.69) is 0 Å². The number of carbonyl (C=O) groups excluding carboxylic acids is 2. The zero-order chi connectivity index (χ0) is 27.1. The summed E-state index contributed by atoms with van der Waals surface area (Å²) in [6.07, 6.45) is 2.75. The first-order valence-corrected chi connectivity index (χ1v) is 15.1. The SMILES string of the molecule is C[C@H](c1ccc(Cl)c(Cl)c1)N(C(=O)OCOC(=O)C(C)(C)C)C(O)CCP(=O)(O)CC1CCCCC1. The minimum Gasteiger partial charge on any atom is -0.427 e. The van der Waals surface area contributed by atoms with Crippen LogP contribution in [0.5, 0.6) is 0 Å². The van der Waals surface area contributed by atoms with E-state index in [0.29, 0.717) is 10.6 Å². The largest absolute Gasteiger partial charge is 0.427 e. The summed E-state index contributed by atoms with van der Waals surface area (Å²) in [5, 5.41) is 11.6. The number of benzene rings is 1. The molecule has 1 amide bonds. The number of hydrogen-bond acceptors (Lipinski definition) is 6. The monoisotopic (exact) mass is 565 g/mol. The second-order valence-corrected chi connectivity index (χ2v) is 13.8. The van der Waals surface area contributed by atoms with Gasteiger partial charge in [0.1, 0.15) is 6.23 Å². The maximum absolute atomic E-state index is 13.0. The summed E-state index contributed by atoms with van der Waals surface area (Å²) in [5.74, 6) is -0.343. The van der Waals surface area contributed by atoms with Gasteiger partial charge < -0.3 is 19.5 Å². The summed E-state index contributed by atoms with van der Waals surface area (Å²) in [4.78, 5) is 36.6. The molecule has 204 valence electrons. The van der Waals surface area contributed by atoms with Gasteiger partial charge in [0.2, 0.25) is 14.2 Å². The number of nitrogens with zero attached hydrogens (tertiary/aromatic N) is 1. The van der Waals surface area contributed by atoms with Crippen LogP contribution in [0.4, 0.5) is 4.79 Å². The van der Waals surface area contributed by atoms with Crippen molar-refractivity contribution in [3.05, 3.63) is 33.8 Å². The van der Waals surface area contributed by atoms with Crippen LogP contribution in [-0.4, -0.2) is 52.3 Å². The van der Waals surface area contributed by atoms with Crippen molar-refractivity contribution in [3.63, 3.8) is 0 Å². The minimum atomic E-state index is -3.50. The van der Waals surface area contributed by atoms with Gasteiger partial charge in [0.05, 0.1) is 21.5 Å². The average molecular weight is 566 g/mol. The van der Waals surface area contributed by atoms with E-state index in [4.69, 9.17) is 32.7 Å². The lowest BCUT2D eigenvalue weighted by Gasteiger charge is -2.33. The molecule has 0 aromatic heterocycles. The Bertz CT molecular complexity index is 947. The van der Waals surface area contributed by atoms with Crippen LogP contribution in [0.25, 0.3) is 0 Å². The molecular formula is C25H38Cl2NO7P. The summed E-state index contributed by atoms with van der Waals surface area (Å²) in [6.45, 7) is 6.03. The van der Waals surface area contributed by atoms with Crippen molar-refractivity contribution in [2.75, 3.05) is 19.1 Å². The van der Waals surface area contributed by atoms with Crippen molar-refractivity contribution in [1.82, 2.24) is 4.90 Å². The van der Waals surface area contributed by atoms with Crippen LogP contribution in [0.15, 0.2) is 18.2 Å². The normalized spacial score (nSPS) is 18.1. The Morgan fingerprint density at radius 1 is 1.14 bits per heavy atom. The Labute approximate surface area is 223 Å². The minimum absolute atomic E-state index is 0.122. The van der Waals surface area contributed by atoms with E-state index < -0.39 is 43.9 Å². The molecule has 2 rings (SSSR count). The quantitative estimate of drug-likeness (QED) is 0.186. The fourth-order valence-corrected chi connectivity index (χ4v) is 6.51. The van der Waals surface area contributed by atoms with Gasteiger partial charge in [-0.15, -0.1) is 0 Å². The topological polar surface area (TPSA) is 113 Å². The molecule has 0 radical (unpaired) electrons. The predicted molar refractivity (Wildman–Crippen MR) is 140 cm³/mol. The van der Waals surface area contributed by atoms with Crippen LogP contribution in [0.3, 0.4) is 0 Å². The predicted octanol–water partition coefficient (Wildman–Crippen LogP) is 6.60. The number of aliphatic hydroxyl groups excluding tert-OH is 1. The second-order valence-electron chi connectivity index (χ2n) is 10.5. The fraction of sp³-hybridized carbons (Fsp3) is 0.680. The van der Waals surface area contributed by atoms with E-state index in [1.807, 2.05) is 0 Å². The fourth-order valence-electron chi connectivity index (χ4n) is 4.22. The molecular weight excluding hydrogens is 528 g/mol. The molecule has 1 aromatic rings. The van der Waals surface area contributed by atoms with E-state index in [9.17, 15) is 24.2 Å². The van der Waals surface area contributed by atoms with Crippen LogP contribution in [-0.2, 0) is 18.8 Å². The lowest BCUT2D eigenvalue weighted by atomic mass is 9.91. The highest BCUT2D eigenvalue weighted by Gasteiger charge is 2.33. The molecule has 1 fully saturated rings. The van der Waals surface area contributed by atoms with E-state index in [1.165, 1.54) is 0 Å². The van der Waals surface area contributed by atoms with Crippen LogP contribution in [0.1, 0.15) is 77.8 Å². The van der Waals surface area contributed by atoms with Gasteiger partial charge in [0.25, 0.3) is 0 Å². The highest BCUT2D eigenvalue weighted by Crippen LogP contribution is 2.46. The Balaban J connectivity index is 2.12. The van der Waals surface area contributed by atoms with Crippen molar-refractivity contribution in [2.24, 2.45) is 11.3 Å². The number of ether oxygens (including phenoxy) is 2. The first-order valence-electron chi connectivity index (χ1n) is 12.3. The first kappa shape index (κ1) is 30.9. The molecule has 1 aliphatic carbocycles. The van der Waals surface area contributed by atoms with Gasteiger partial charge in [-0.1, -0.05) is 48.5 Å². The van der Waals surface area contributed by atoms with Gasteiger partial charge in [-0.05, 0) is 64.2 Å². The maximum atomic E-state index is 13.0. The molecule has 1 aromatic carbocycles. The number of hydrogen-bond donors (Lipinski definition) is 2. The molecule has 11 heteroatoms.